The maximum absolute atomic E-state index is 12.6. The zero-order valence-electron chi connectivity index (χ0n) is 15.0. The number of anilines is 1. The number of fused-ring (bicyclic) bond motifs is 1. The maximum atomic E-state index is 12.6. The molecule has 0 bridgehead atoms. The van der Waals surface area contributed by atoms with Crippen LogP contribution in [0.25, 0.3) is 10.9 Å². The lowest BCUT2D eigenvalue weighted by Crippen LogP contribution is -2.13. The van der Waals surface area contributed by atoms with Crippen LogP contribution in [0, 0.1) is 24.7 Å². The third-order valence-electron chi connectivity index (χ3n) is 4.66. The summed E-state index contributed by atoms with van der Waals surface area (Å²) in [4.78, 5) is 27.8. The summed E-state index contributed by atoms with van der Waals surface area (Å²) in [7, 11) is 0. The van der Waals surface area contributed by atoms with Gasteiger partial charge in [-0.2, -0.15) is 0 Å². The van der Waals surface area contributed by atoms with Crippen molar-refractivity contribution in [3.63, 3.8) is 0 Å². The molecule has 1 N–H and O–H groups in total. The molecule has 0 saturated heterocycles. The van der Waals surface area contributed by atoms with Gasteiger partial charge in [-0.15, -0.1) is 0 Å². The fourth-order valence-electron chi connectivity index (χ4n) is 2.88. The number of aromatic nitrogens is 1. The molecule has 0 spiro atoms. The normalized spacial score (nSPS) is 12.9. The highest BCUT2D eigenvalue weighted by atomic mass is 16.1. The highest BCUT2D eigenvalue weighted by Gasteiger charge is 2.17. The molecule has 1 heterocycles. The minimum absolute atomic E-state index is 0.177. The topological polar surface area (TPSA) is 59.1 Å². The predicted molar refractivity (Wildman–Crippen MR) is 106 cm³/mol. The Morgan fingerprint density at radius 1 is 1.19 bits per heavy atom. The number of aldehydes is 1. The minimum Gasteiger partial charge on any atom is -0.322 e. The van der Waals surface area contributed by atoms with Crippen LogP contribution in [0.15, 0.2) is 48.7 Å². The number of nitrogens with one attached hydrogen (secondary N) is 1. The lowest BCUT2D eigenvalue weighted by atomic mass is 10.1. The fraction of sp³-hybridized carbons (Fsp3) is 0.174. The molecule has 0 radical (unpaired) electrons. The molecule has 1 amide bonds. The Labute approximate surface area is 157 Å². The average Bonchev–Trinajstić information content (AvgIpc) is 3.53. The van der Waals surface area contributed by atoms with Gasteiger partial charge in [0.1, 0.15) is 0 Å². The van der Waals surface area contributed by atoms with Crippen LogP contribution in [-0.4, -0.2) is 17.2 Å². The number of carbonyl (C=O) groups excluding carboxylic acids is 2. The summed E-state index contributed by atoms with van der Waals surface area (Å²) in [5, 5.41) is 3.81. The van der Waals surface area contributed by atoms with Crippen LogP contribution in [-0.2, 0) is 0 Å². The lowest BCUT2D eigenvalue weighted by Gasteiger charge is -2.11. The van der Waals surface area contributed by atoms with E-state index in [0.29, 0.717) is 22.7 Å². The molecule has 132 valence electrons. The number of pyridine rings is 1. The summed E-state index contributed by atoms with van der Waals surface area (Å²) >= 11 is 0. The van der Waals surface area contributed by atoms with E-state index in [1.54, 1.807) is 18.2 Å². The molecule has 0 atom stereocenters. The summed E-state index contributed by atoms with van der Waals surface area (Å²) in [5.74, 6) is 6.74. The van der Waals surface area contributed by atoms with Gasteiger partial charge in [-0.25, -0.2) is 0 Å². The molecule has 2 aromatic carbocycles. The van der Waals surface area contributed by atoms with E-state index in [4.69, 9.17) is 0 Å². The minimum atomic E-state index is -0.177. The number of rotatable bonds is 3. The van der Waals surface area contributed by atoms with E-state index in [2.05, 4.69) is 22.1 Å². The first-order chi connectivity index (χ1) is 13.1. The zero-order chi connectivity index (χ0) is 18.8. The van der Waals surface area contributed by atoms with E-state index in [1.165, 1.54) is 19.0 Å². The number of hydrogen-bond donors (Lipinski definition) is 1. The van der Waals surface area contributed by atoms with E-state index < -0.39 is 0 Å². The summed E-state index contributed by atoms with van der Waals surface area (Å²) in [6.07, 6.45) is 4.71. The highest BCUT2D eigenvalue weighted by Crippen LogP contribution is 2.27. The molecule has 1 aromatic heterocycles. The number of benzene rings is 2. The van der Waals surface area contributed by atoms with Crippen molar-refractivity contribution < 1.29 is 9.59 Å². The van der Waals surface area contributed by atoms with Crippen molar-refractivity contribution in [3.8, 4) is 11.8 Å². The highest BCUT2D eigenvalue weighted by molar-refractivity contribution is 6.06. The predicted octanol–water partition coefficient (Wildman–Crippen LogP) is 4.37. The van der Waals surface area contributed by atoms with E-state index >= 15 is 0 Å². The first-order valence-corrected chi connectivity index (χ1v) is 8.91. The Morgan fingerprint density at radius 2 is 1.96 bits per heavy atom. The number of hydrogen-bond acceptors (Lipinski definition) is 3. The first-order valence-electron chi connectivity index (χ1n) is 8.91. The van der Waals surface area contributed by atoms with Gasteiger partial charge in [-0.05, 0) is 61.7 Å². The van der Waals surface area contributed by atoms with E-state index in [9.17, 15) is 9.59 Å². The van der Waals surface area contributed by atoms with Crippen LogP contribution in [0.4, 0.5) is 5.69 Å². The van der Waals surface area contributed by atoms with E-state index in [1.807, 2.05) is 31.2 Å². The quantitative estimate of drug-likeness (QED) is 0.561. The Morgan fingerprint density at radius 3 is 2.67 bits per heavy atom. The average molecular weight is 354 g/mol. The third kappa shape index (κ3) is 3.73. The van der Waals surface area contributed by atoms with Crippen molar-refractivity contribution in [2.45, 2.75) is 19.8 Å². The number of aryl methyl sites for hydroxylation is 1. The third-order valence-corrected chi connectivity index (χ3v) is 4.66. The molecule has 1 fully saturated rings. The summed E-state index contributed by atoms with van der Waals surface area (Å²) in [6.45, 7) is 1.90. The van der Waals surface area contributed by atoms with Crippen molar-refractivity contribution in [3.05, 3.63) is 70.9 Å². The first kappa shape index (κ1) is 17.0. The van der Waals surface area contributed by atoms with Gasteiger partial charge in [0.05, 0.1) is 5.52 Å². The molecule has 4 nitrogen and oxygen atoms in total. The van der Waals surface area contributed by atoms with Crippen LogP contribution in [0.5, 0.6) is 0 Å². The van der Waals surface area contributed by atoms with Crippen molar-refractivity contribution in [2.75, 3.05) is 5.32 Å². The second-order valence-electron chi connectivity index (χ2n) is 6.77. The molecule has 0 unspecified atom stereocenters. The van der Waals surface area contributed by atoms with E-state index in [0.717, 1.165) is 28.3 Å². The van der Waals surface area contributed by atoms with Crippen molar-refractivity contribution >= 4 is 28.8 Å². The molecule has 1 aliphatic carbocycles. The summed E-state index contributed by atoms with van der Waals surface area (Å²) < 4.78 is 0. The van der Waals surface area contributed by atoms with Crippen LogP contribution < -0.4 is 5.32 Å². The van der Waals surface area contributed by atoms with E-state index in [-0.39, 0.29) is 5.91 Å². The molecular weight excluding hydrogens is 336 g/mol. The van der Waals surface area contributed by atoms with Gasteiger partial charge in [0.15, 0.2) is 6.29 Å². The summed E-state index contributed by atoms with van der Waals surface area (Å²) in [5.41, 5.74) is 4.38. The number of carbonyl (C=O) groups is 2. The Bertz CT molecular complexity index is 1100. The Balaban J connectivity index is 1.54. The van der Waals surface area contributed by atoms with Crippen LogP contribution >= 0.6 is 0 Å². The van der Waals surface area contributed by atoms with Crippen molar-refractivity contribution in [1.29, 1.82) is 0 Å². The maximum Gasteiger partial charge on any atom is 0.255 e. The standard InChI is InChI=1S/C23H18N2O2/c1-15-21(11-10-20-12-18(14-26)13-24-22(15)20)25-23(27)19-8-6-17(7-9-19)5-4-16-2-3-16/h6-14,16H,2-3H2,1H3,(H,25,27). The smallest absolute Gasteiger partial charge is 0.255 e. The largest absolute Gasteiger partial charge is 0.322 e. The van der Waals surface area contributed by atoms with Gasteiger partial charge >= 0.3 is 0 Å². The Kier molecular flexibility index (Phi) is 4.43. The van der Waals surface area contributed by atoms with Gasteiger partial charge in [-0.3, -0.25) is 14.6 Å². The SMILES string of the molecule is Cc1c(NC(=O)c2ccc(C#CC3CC3)cc2)ccc2cc(C=O)cnc12. The molecular formula is C23H18N2O2. The molecule has 4 rings (SSSR count). The van der Waals surface area contributed by atoms with Crippen LogP contribution in [0.1, 0.15) is 44.7 Å². The van der Waals surface area contributed by atoms with Crippen LogP contribution in [0.3, 0.4) is 0 Å². The van der Waals surface area contributed by atoms with Gasteiger partial charge in [0.2, 0.25) is 0 Å². The second kappa shape index (κ2) is 7.05. The van der Waals surface area contributed by atoms with Gasteiger partial charge in [-0.1, -0.05) is 17.9 Å². The second-order valence-corrected chi connectivity index (χ2v) is 6.77. The van der Waals surface area contributed by atoms with Crippen LogP contribution in [0.2, 0.25) is 0 Å². The zero-order valence-corrected chi connectivity index (χ0v) is 15.0. The lowest BCUT2D eigenvalue weighted by molar-refractivity contribution is 0.102. The monoisotopic (exact) mass is 354 g/mol. The van der Waals surface area contributed by atoms with Gasteiger partial charge in [0.25, 0.3) is 5.91 Å². The number of nitrogens with zero attached hydrogens (tertiary/aromatic N) is 1. The molecule has 1 saturated carbocycles. The van der Waals surface area contributed by atoms with Crippen molar-refractivity contribution in [2.24, 2.45) is 5.92 Å². The molecule has 3 aromatic rings. The molecule has 4 heteroatoms. The Hall–Kier alpha value is -3.45. The molecule has 27 heavy (non-hydrogen) atoms. The van der Waals surface area contributed by atoms with Gasteiger partial charge < -0.3 is 5.32 Å². The summed E-state index contributed by atoms with van der Waals surface area (Å²) in [6, 6.07) is 12.8. The molecule has 0 aliphatic heterocycles. The van der Waals surface area contributed by atoms with Gasteiger partial charge in [0, 0.05) is 39.9 Å². The molecule has 1 aliphatic rings. The van der Waals surface area contributed by atoms with Crippen molar-refractivity contribution in [1.82, 2.24) is 4.98 Å². The fourth-order valence-corrected chi connectivity index (χ4v) is 2.88. The number of amides is 1.